The van der Waals surface area contributed by atoms with E-state index in [9.17, 15) is 9.59 Å². The predicted molar refractivity (Wildman–Crippen MR) is 138 cm³/mol. The summed E-state index contributed by atoms with van der Waals surface area (Å²) in [5, 5.41) is 14.3. The van der Waals surface area contributed by atoms with Crippen molar-refractivity contribution in [2.75, 3.05) is 7.11 Å². The highest BCUT2D eigenvalue weighted by molar-refractivity contribution is 7.17. The highest BCUT2D eigenvalue weighted by atomic mass is 32.1. The second-order valence-electron chi connectivity index (χ2n) is 10.1. The number of aromatic nitrogens is 2. The second-order valence-corrected chi connectivity index (χ2v) is 11.0. The molecule has 2 N–H and O–H groups in total. The molecule has 1 amide bonds. The van der Waals surface area contributed by atoms with Gasteiger partial charge in [0, 0.05) is 35.8 Å². The molecule has 0 bridgehead atoms. The van der Waals surface area contributed by atoms with Gasteiger partial charge in [-0.2, -0.15) is 0 Å². The first kappa shape index (κ1) is 22.8. The molecule has 3 aromatic heterocycles. The first-order chi connectivity index (χ1) is 17.4. The van der Waals surface area contributed by atoms with Gasteiger partial charge in [-0.05, 0) is 48.8 Å². The lowest BCUT2D eigenvalue weighted by molar-refractivity contribution is -0.155. The third kappa shape index (κ3) is 4.05. The molecular formula is C28H27N3O4S. The Hall–Kier alpha value is -3.65. The number of benzene rings is 1. The molecule has 2 aliphatic carbocycles. The number of hydrogen-bond donors (Lipinski definition) is 2. The summed E-state index contributed by atoms with van der Waals surface area (Å²) < 4.78 is 8.45. The fourth-order valence-electron chi connectivity index (χ4n) is 5.82. The summed E-state index contributed by atoms with van der Waals surface area (Å²) in [5.41, 5.74) is 4.81. The zero-order valence-corrected chi connectivity index (χ0v) is 20.8. The van der Waals surface area contributed by atoms with Gasteiger partial charge in [0.2, 0.25) is 5.88 Å². The Morgan fingerprint density at radius 2 is 1.92 bits per heavy atom. The van der Waals surface area contributed by atoms with Gasteiger partial charge in [0.15, 0.2) is 0 Å². The van der Waals surface area contributed by atoms with Gasteiger partial charge in [-0.3, -0.25) is 9.59 Å². The number of methoxy groups -OCH3 is 1. The number of nitrogens with zero attached hydrogens (tertiary/aromatic N) is 2. The summed E-state index contributed by atoms with van der Waals surface area (Å²) in [6.07, 6.45) is 5.28. The van der Waals surface area contributed by atoms with Crippen molar-refractivity contribution in [1.29, 1.82) is 0 Å². The molecule has 2 aliphatic rings. The Kier molecular flexibility index (Phi) is 5.56. The fourth-order valence-corrected chi connectivity index (χ4v) is 6.76. The molecule has 4 aromatic rings. The molecule has 7 nitrogen and oxygen atoms in total. The molecule has 184 valence electrons. The number of amides is 1. The number of ether oxygens (including phenoxy) is 1. The molecule has 0 radical (unpaired) electrons. The molecule has 2 fully saturated rings. The van der Waals surface area contributed by atoms with Crippen LogP contribution in [0.15, 0.2) is 60.1 Å². The van der Waals surface area contributed by atoms with Gasteiger partial charge >= 0.3 is 5.97 Å². The van der Waals surface area contributed by atoms with E-state index >= 15 is 0 Å². The number of pyridine rings is 1. The number of carboxylic acids is 1. The lowest BCUT2D eigenvalue weighted by Gasteiger charge is -2.56. The molecule has 6 rings (SSSR count). The molecule has 1 aromatic carbocycles. The van der Waals surface area contributed by atoms with Gasteiger partial charge in [-0.25, -0.2) is 4.98 Å². The molecule has 0 unspecified atom stereocenters. The van der Waals surface area contributed by atoms with Crippen molar-refractivity contribution in [3.63, 3.8) is 0 Å². The minimum atomic E-state index is -0.693. The molecular weight excluding hydrogens is 474 g/mol. The summed E-state index contributed by atoms with van der Waals surface area (Å²) >= 11 is 1.58. The summed E-state index contributed by atoms with van der Waals surface area (Å²) in [7, 11) is 1.61. The van der Waals surface area contributed by atoms with Crippen LogP contribution in [0.2, 0.25) is 0 Å². The number of hydrogen-bond acceptors (Lipinski definition) is 5. The number of carbonyl (C=O) groups is 2. The van der Waals surface area contributed by atoms with Gasteiger partial charge in [-0.15, -0.1) is 11.3 Å². The zero-order valence-electron chi connectivity index (χ0n) is 19.9. The van der Waals surface area contributed by atoms with Gasteiger partial charge in [-0.1, -0.05) is 30.3 Å². The average molecular weight is 502 g/mol. The molecule has 0 aliphatic heterocycles. The monoisotopic (exact) mass is 501 g/mol. The molecule has 2 saturated carbocycles. The highest BCUT2D eigenvalue weighted by Crippen LogP contribution is 2.58. The maximum absolute atomic E-state index is 13.1. The summed E-state index contributed by atoms with van der Waals surface area (Å²) in [6, 6.07) is 16.2. The summed E-state index contributed by atoms with van der Waals surface area (Å²) in [6.45, 7) is 0.662. The van der Waals surface area contributed by atoms with Crippen LogP contribution < -0.4 is 10.1 Å². The van der Waals surface area contributed by atoms with Crippen molar-refractivity contribution in [1.82, 2.24) is 14.9 Å². The van der Waals surface area contributed by atoms with Crippen LogP contribution in [0.1, 0.15) is 41.6 Å². The quantitative estimate of drug-likeness (QED) is 0.363. The molecule has 1 spiro atoms. The van der Waals surface area contributed by atoms with E-state index in [1.54, 1.807) is 18.4 Å². The number of carbonyl (C=O) groups excluding carboxylic acids is 1. The molecule has 36 heavy (non-hydrogen) atoms. The van der Waals surface area contributed by atoms with Crippen molar-refractivity contribution >= 4 is 33.4 Å². The van der Waals surface area contributed by atoms with Gasteiger partial charge < -0.3 is 19.7 Å². The summed E-state index contributed by atoms with van der Waals surface area (Å²) in [4.78, 5) is 28.8. The van der Waals surface area contributed by atoms with E-state index in [2.05, 4.69) is 45.2 Å². The Balaban J connectivity index is 1.13. The maximum atomic E-state index is 13.1. The lowest BCUT2D eigenvalue weighted by atomic mass is 9.50. The largest absolute Gasteiger partial charge is 0.481 e. The normalized spacial score (nSPS) is 22.7. The minimum Gasteiger partial charge on any atom is -0.481 e. The van der Waals surface area contributed by atoms with E-state index in [1.165, 1.54) is 0 Å². The number of fused-ring (bicyclic) bond motifs is 1. The number of nitrogens with one attached hydrogen (secondary N) is 1. The number of thiophene rings is 1. The number of carboxylic acid groups (broad SMARTS) is 1. The fraction of sp³-hybridized carbons (Fsp3) is 0.321. The van der Waals surface area contributed by atoms with Gasteiger partial charge in [0.05, 0.1) is 34.5 Å². The molecule has 0 saturated heterocycles. The van der Waals surface area contributed by atoms with Crippen LogP contribution in [-0.4, -0.2) is 39.7 Å². The zero-order chi connectivity index (χ0) is 24.9. The molecule has 0 atom stereocenters. The van der Waals surface area contributed by atoms with Crippen molar-refractivity contribution in [2.45, 2.75) is 38.3 Å². The lowest BCUT2D eigenvalue weighted by Crippen LogP contribution is -2.57. The molecule has 8 heteroatoms. The van der Waals surface area contributed by atoms with Crippen LogP contribution >= 0.6 is 11.3 Å². The van der Waals surface area contributed by atoms with E-state index in [4.69, 9.17) is 9.84 Å². The minimum absolute atomic E-state index is 0.0467. The first-order valence-electron chi connectivity index (χ1n) is 12.1. The average Bonchev–Trinajstić information content (AvgIpc) is 3.43. The van der Waals surface area contributed by atoms with E-state index in [1.807, 2.05) is 29.8 Å². The Labute approximate surface area is 212 Å². The van der Waals surface area contributed by atoms with E-state index in [0.29, 0.717) is 18.0 Å². The Bertz CT molecular complexity index is 1440. The second kappa shape index (κ2) is 8.78. The summed E-state index contributed by atoms with van der Waals surface area (Å²) in [5.74, 6) is -0.359. The topological polar surface area (TPSA) is 93.5 Å². The molecule has 3 heterocycles. The number of aliphatic carboxylic acids is 1. The van der Waals surface area contributed by atoms with Crippen LogP contribution in [0.4, 0.5) is 0 Å². The smallest absolute Gasteiger partial charge is 0.306 e. The number of rotatable bonds is 7. The maximum Gasteiger partial charge on any atom is 0.306 e. The van der Waals surface area contributed by atoms with Crippen LogP contribution in [-0.2, 0) is 11.3 Å². The van der Waals surface area contributed by atoms with Crippen molar-refractivity contribution in [2.24, 2.45) is 11.3 Å². The van der Waals surface area contributed by atoms with E-state index < -0.39 is 5.97 Å². The van der Waals surface area contributed by atoms with Crippen LogP contribution in [0.3, 0.4) is 0 Å². The SMILES string of the molecule is COc1cccc(-c2ccc(Cn3ccc4scc(C(=O)NC5CC6(C5)CC(C(=O)O)C6)c43)cc2)n1. The van der Waals surface area contributed by atoms with Crippen LogP contribution in [0.25, 0.3) is 21.5 Å². The van der Waals surface area contributed by atoms with E-state index in [0.717, 1.165) is 52.7 Å². The van der Waals surface area contributed by atoms with Crippen molar-refractivity contribution in [3.05, 3.63) is 71.2 Å². The first-order valence-corrected chi connectivity index (χ1v) is 13.0. The Morgan fingerprint density at radius 3 is 2.64 bits per heavy atom. The van der Waals surface area contributed by atoms with Crippen molar-refractivity contribution < 1.29 is 19.4 Å². The highest BCUT2D eigenvalue weighted by Gasteiger charge is 2.55. The van der Waals surface area contributed by atoms with Gasteiger partial charge in [0.25, 0.3) is 5.91 Å². The standard InChI is InChI=1S/C28H27N3O4S/c1-35-24-4-2-3-22(30-24)18-7-5-17(6-8-18)15-31-10-9-23-25(31)21(16-36-23)26(32)29-20-13-28(14-20)11-19(12-28)27(33)34/h2-10,16,19-20H,11-15H2,1H3,(H,29,32)(H,33,34). The van der Waals surface area contributed by atoms with Crippen LogP contribution in [0, 0.1) is 11.3 Å². The third-order valence-corrected chi connectivity index (χ3v) is 8.60. The van der Waals surface area contributed by atoms with Crippen LogP contribution in [0.5, 0.6) is 5.88 Å². The third-order valence-electron chi connectivity index (χ3n) is 7.67. The Morgan fingerprint density at radius 1 is 1.14 bits per heavy atom. The predicted octanol–water partition coefficient (Wildman–Crippen LogP) is 5.19. The van der Waals surface area contributed by atoms with E-state index in [-0.39, 0.29) is 23.3 Å². The van der Waals surface area contributed by atoms with Gasteiger partial charge in [0.1, 0.15) is 0 Å². The van der Waals surface area contributed by atoms with Crippen molar-refractivity contribution in [3.8, 4) is 17.1 Å².